The van der Waals surface area contributed by atoms with E-state index >= 15 is 0 Å². The molecule has 1 unspecified atom stereocenters. The van der Waals surface area contributed by atoms with E-state index in [4.69, 9.17) is 0 Å². The molecule has 1 amide bonds. The van der Waals surface area contributed by atoms with Gasteiger partial charge in [0, 0.05) is 6.42 Å². The number of nitrogens with zero attached hydrogens (tertiary/aromatic N) is 3. The van der Waals surface area contributed by atoms with E-state index in [2.05, 4.69) is 25.9 Å². The predicted octanol–water partition coefficient (Wildman–Crippen LogP) is 0.802. The number of nitrogens with one attached hydrogen (secondary N) is 2. The number of hydrogen-bond donors (Lipinski definition) is 3. The van der Waals surface area contributed by atoms with Crippen molar-refractivity contribution in [1.82, 2.24) is 25.9 Å². The molecule has 0 spiro atoms. The van der Waals surface area contributed by atoms with Gasteiger partial charge in [-0.1, -0.05) is 24.5 Å². The number of carbonyl (C=O) groups is 2. The van der Waals surface area contributed by atoms with Crippen LogP contribution in [0, 0.1) is 5.41 Å². The van der Waals surface area contributed by atoms with Crippen LogP contribution in [0.3, 0.4) is 0 Å². The van der Waals surface area contributed by atoms with Crippen molar-refractivity contribution in [3.8, 4) is 0 Å². The van der Waals surface area contributed by atoms with Crippen molar-refractivity contribution in [2.45, 2.75) is 51.5 Å². The zero-order chi connectivity index (χ0) is 14.6. The van der Waals surface area contributed by atoms with Crippen LogP contribution >= 0.6 is 0 Å². The van der Waals surface area contributed by atoms with Crippen molar-refractivity contribution in [2.75, 3.05) is 0 Å². The van der Waals surface area contributed by atoms with Gasteiger partial charge in [-0.25, -0.2) is 0 Å². The second-order valence-electron chi connectivity index (χ2n) is 5.38. The van der Waals surface area contributed by atoms with Crippen molar-refractivity contribution >= 4 is 11.9 Å². The molecule has 1 aliphatic carbocycles. The van der Waals surface area contributed by atoms with E-state index in [1.807, 2.05) is 0 Å². The van der Waals surface area contributed by atoms with Crippen LogP contribution < -0.4 is 5.32 Å². The lowest BCUT2D eigenvalue weighted by molar-refractivity contribution is -0.154. The molecule has 20 heavy (non-hydrogen) atoms. The molecular weight excluding hydrogens is 262 g/mol. The largest absolute Gasteiger partial charge is 0.481 e. The number of carbonyl (C=O) groups excluding carboxylic acids is 1. The van der Waals surface area contributed by atoms with E-state index in [0.717, 1.165) is 19.3 Å². The smallest absolute Gasteiger partial charge is 0.310 e. The Labute approximate surface area is 116 Å². The number of carboxylic acids is 1. The van der Waals surface area contributed by atoms with Crippen molar-refractivity contribution in [2.24, 2.45) is 5.41 Å². The molecule has 1 saturated carbocycles. The highest BCUT2D eigenvalue weighted by molar-refractivity contribution is 5.85. The van der Waals surface area contributed by atoms with Crippen molar-refractivity contribution in [3.05, 3.63) is 5.82 Å². The quantitative estimate of drug-likeness (QED) is 0.734. The Bertz CT molecular complexity index is 467. The van der Waals surface area contributed by atoms with Crippen LogP contribution in [0.4, 0.5) is 0 Å². The van der Waals surface area contributed by atoms with Crippen LogP contribution in [-0.2, 0) is 9.59 Å². The highest BCUT2D eigenvalue weighted by atomic mass is 16.4. The molecule has 8 heteroatoms. The topological polar surface area (TPSA) is 121 Å². The first-order valence-electron chi connectivity index (χ1n) is 6.80. The predicted molar refractivity (Wildman–Crippen MR) is 68.5 cm³/mol. The first-order valence-corrected chi connectivity index (χ1v) is 6.80. The Balaban J connectivity index is 1.97. The molecule has 1 heterocycles. The Morgan fingerprint density at radius 1 is 1.40 bits per heavy atom. The van der Waals surface area contributed by atoms with Crippen molar-refractivity contribution in [1.29, 1.82) is 0 Å². The molecule has 1 aromatic rings. The molecular formula is C12H19N5O3. The highest BCUT2D eigenvalue weighted by Gasteiger charge is 2.41. The molecule has 3 N–H and O–H groups in total. The molecule has 1 fully saturated rings. The van der Waals surface area contributed by atoms with Crippen LogP contribution in [0.5, 0.6) is 0 Å². The molecule has 0 bridgehead atoms. The number of aromatic nitrogens is 4. The van der Waals surface area contributed by atoms with Crippen LogP contribution in [0.25, 0.3) is 0 Å². The molecule has 1 aromatic heterocycles. The van der Waals surface area contributed by atoms with E-state index in [0.29, 0.717) is 18.7 Å². The van der Waals surface area contributed by atoms with E-state index in [1.165, 1.54) is 0 Å². The molecule has 0 aliphatic heterocycles. The maximum absolute atomic E-state index is 12.1. The van der Waals surface area contributed by atoms with Crippen LogP contribution in [0.15, 0.2) is 0 Å². The minimum Gasteiger partial charge on any atom is -0.481 e. The van der Waals surface area contributed by atoms with Gasteiger partial charge < -0.3 is 10.4 Å². The van der Waals surface area contributed by atoms with E-state index < -0.39 is 17.4 Å². The number of aromatic amines is 1. The second-order valence-corrected chi connectivity index (χ2v) is 5.38. The summed E-state index contributed by atoms with van der Waals surface area (Å²) >= 11 is 0. The number of hydrogen-bond acceptors (Lipinski definition) is 5. The summed E-state index contributed by atoms with van der Waals surface area (Å²) in [6, 6.07) is -0.393. The average molecular weight is 281 g/mol. The van der Waals surface area contributed by atoms with Gasteiger partial charge in [0.1, 0.15) is 0 Å². The van der Waals surface area contributed by atoms with Gasteiger partial charge in [0.15, 0.2) is 5.82 Å². The summed E-state index contributed by atoms with van der Waals surface area (Å²) in [7, 11) is 0. The van der Waals surface area contributed by atoms with Crippen molar-refractivity contribution in [3.63, 3.8) is 0 Å². The summed E-state index contributed by atoms with van der Waals surface area (Å²) in [5, 5.41) is 25.5. The van der Waals surface area contributed by atoms with E-state index in [9.17, 15) is 14.7 Å². The molecule has 0 saturated heterocycles. The van der Waals surface area contributed by atoms with E-state index in [-0.39, 0.29) is 12.3 Å². The van der Waals surface area contributed by atoms with Crippen LogP contribution in [0.2, 0.25) is 0 Å². The number of carboxylic acid groups (broad SMARTS) is 1. The SMILES string of the molecule is CC(NC(=O)CC1(C(=O)O)CCCCC1)c1nn[nH]n1. The van der Waals surface area contributed by atoms with Gasteiger partial charge in [-0.05, 0) is 19.8 Å². The third kappa shape index (κ3) is 3.12. The fourth-order valence-electron chi connectivity index (χ4n) is 2.71. The van der Waals surface area contributed by atoms with Gasteiger partial charge in [-0.3, -0.25) is 9.59 Å². The lowest BCUT2D eigenvalue weighted by Crippen LogP contribution is -2.39. The average Bonchev–Trinajstić information content (AvgIpc) is 2.93. The first kappa shape index (κ1) is 14.4. The third-order valence-electron chi connectivity index (χ3n) is 3.89. The van der Waals surface area contributed by atoms with Gasteiger partial charge in [0.05, 0.1) is 11.5 Å². The Kier molecular flexibility index (Phi) is 4.31. The van der Waals surface area contributed by atoms with Crippen LogP contribution in [0.1, 0.15) is 57.3 Å². The van der Waals surface area contributed by atoms with Gasteiger partial charge in [-0.2, -0.15) is 5.21 Å². The van der Waals surface area contributed by atoms with Gasteiger partial charge in [0.25, 0.3) is 0 Å². The number of rotatable bonds is 5. The Morgan fingerprint density at radius 3 is 2.65 bits per heavy atom. The third-order valence-corrected chi connectivity index (χ3v) is 3.89. The molecule has 0 radical (unpaired) electrons. The molecule has 1 aliphatic rings. The summed E-state index contributed by atoms with van der Waals surface area (Å²) < 4.78 is 0. The summed E-state index contributed by atoms with van der Waals surface area (Å²) in [6.07, 6.45) is 3.89. The zero-order valence-corrected chi connectivity index (χ0v) is 11.4. The summed E-state index contributed by atoms with van der Waals surface area (Å²) in [6.45, 7) is 1.73. The summed E-state index contributed by atoms with van der Waals surface area (Å²) in [4.78, 5) is 23.6. The number of amides is 1. The van der Waals surface area contributed by atoms with Gasteiger partial charge in [-0.15, -0.1) is 10.2 Å². The fourth-order valence-corrected chi connectivity index (χ4v) is 2.71. The van der Waals surface area contributed by atoms with Gasteiger partial charge >= 0.3 is 5.97 Å². The molecule has 110 valence electrons. The Hall–Kier alpha value is -1.99. The standard InChI is InChI=1S/C12H19N5O3/c1-8(10-14-16-17-15-10)13-9(18)7-12(11(19)20)5-3-2-4-6-12/h8H,2-7H2,1H3,(H,13,18)(H,19,20)(H,14,15,16,17). The van der Waals surface area contributed by atoms with Crippen LogP contribution in [-0.4, -0.2) is 37.6 Å². The number of aliphatic carboxylic acids is 1. The monoisotopic (exact) mass is 281 g/mol. The lowest BCUT2D eigenvalue weighted by Gasteiger charge is -2.32. The number of H-pyrrole nitrogens is 1. The minimum absolute atomic E-state index is 0.00449. The molecule has 0 aromatic carbocycles. The minimum atomic E-state index is -0.917. The molecule has 2 rings (SSSR count). The normalized spacial score (nSPS) is 19.2. The summed E-state index contributed by atoms with van der Waals surface area (Å²) in [5.41, 5.74) is -0.917. The Morgan fingerprint density at radius 2 is 2.10 bits per heavy atom. The first-order chi connectivity index (χ1) is 9.53. The summed E-state index contributed by atoms with van der Waals surface area (Å²) in [5.74, 6) is -0.780. The molecule has 1 atom stereocenters. The highest BCUT2D eigenvalue weighted by Crippen LogP contribution is 2.39. The second kappa shape index (κ2) is 5.98. The van der Waals surface area contributed by atoms with Crippen molar-refractivity contribution < 1.29 is 14.7 Å². The van der Waals surface area contributed by atoms with Gasteiger partial charge in [0.2, 0.25) is 5.91 Å². The zero-order valence-electron chi connectivity index (χ0n) is 11.4. The maximum Gasteiger partial charge on any atom is 0.310 e. The maximum atomic E-state index is 12.1. The lowest BCUT2D eigenvalue weighted by atomic mass is 9.71. The van der Waals surface area contributed by atoms with E-state index in [1.54, 1.807) is 6.92 Å². The number of tetrazole rings is 1. The fraction of sp³-hybridized carbons (Fsp3) is 0.750. The molecule has 8 nitrogen and oxygen atoms in total.